The fourth-order valence-corrected chi connectivity index (χ4v) is 1.84. The SMILES string of the molecule is C[C@H]1O[C@@H](n2cc(N=[N+]=[N-])c(N)nc2=O)[C@H](O)[C@@H]1O. The Hall–Kier alpha value is -2.13. The number of anilines is 1. The Kier molecular flexibility index (Phi) is 3.40. The first-order chi connectivity index (χ1) is 8.95. The number of aromatic nitrogens is 2. The van der Waals surface area contributed by atoms with Gasteiger partial charge in [-0.1, -0.05) is 5.11 Å². The van der Waals surface area contributed by atoms with Crippen LogP contribution in [-0.2, 0) is 4.74 Å². The molecule has 10 nitrogen and oxygen atoms in total. The van der Waals surface area contributed by atoms with Crippen molar-refractivity contribution >= 4 is 11.5 Å². The fraction of sp³-hybridized carbons (Fsp3) is 0.556. The largest absolute Gasteiger partial charge is 0.388 e. The zero-order valence-electron chi connectivity index (χ0n) is 9.91. The van der Waals surface area contributed by atoms with E-state index in [0.717, 1.165) is 10.8 Å². The van der Waals surface area contributed by atoms with Crippen LogP contribution in [0.3, 0.4) is 0 Å². The molecule has 1 aromatic heterocycles. The molecule has 0 bridgehead atoms. The average Bonchev–Trinajstić information content (AvgIpc) is 2.61. The monoisotopic (exact) mass is 268 g/mol. The number of rotatable bonds is 2. The van der Waals surface area contributed by atoms with E-state index in [4.69, 9.17) is 16.0 Å². The third-order valence-corrected chi connectivity index (χ3v) is 2.86. The van der Waals surface area contributed by atoms with Crippen LogP contribution in [0.1, 0.15) is 13.2 Å². The Morgan fingerprint density at radius 3 is 2.79 bits per heavy atom. The lowest BCUT2D eigenvalue weighted by molar-refractivity contribution is -0.0349. The van der Waals surface area contributed by atoms with Crippen molar-refractivity contribution in [2.45, 2.75) is 31.5 Å². The number of azide groups is 1. The standard InChI is InChI=1S/C9H12N6O4/c1-3-5(16)6(17)8(19-3)15-2-4(13-14-11)7(10)12-9(15)18/h2-3,5-6,8,16-17H,1H3,(H2,10,12,18)/t3-,5-,6-,8-/m1/s1. The van der Waals surface area contributed by atoms with Gasteiger partial charge in [-0.05, 0) is 12.5 Å². The van der Waals surface area contributed by atoms with Crippen molar-refractivity contribution < 1.29 is 14.9 Å². The molecule has 0 spiro atoms. The van der Waals surface area contributed by atoms with Gasteiger partial charge in [-0.2, -0.15) is 4.98 Å². The molecule has 0 aliphatic carbocycles. The smallest absolute Gasteiger partial charge is 0.351 e. The van der Waals surface area contributed by atoms with Crippen LogP contribution in [-0.4, -0.2) is 38.1 Å². The lowest BCUT2D eigenvalue weighted by Crippen LogP contribution is -2.35. The van der Waals surface area contributed by atoms with E-state index in [9.17, 15) is 15.0 Å². The van der Waals surface area contributed by atoms with Gasteiger partial charge < -0.3 is 20.7 Å². The van der Waals surface area contributed by atoms with Crippen molar-refractivity contribution in [2.75, 3.05) is 5.73 Å². The lowest BCUT2D eigenvalue weighted by atomic mass is 10.1. The van der Waals surface area contributed by atoms with Gasteiger partial charge in [0, 0.05) is 11.1 Å². The quantitative estimate of drug-likeness (QED) is 0.369. The van der Waals surface area contributed by atoms with Crippen molar-refractivity contribution in [3.8, 4) is 0 Å². The minimum Gasteiger partial charge on any atom is -0.388 e. The van der Waals surface area contributed by atoms with Crippen LogP contribution in [0.4, 0.5) is 11.5 Å². The second-order valence-electron chi connectivity index (χ2n) is 4.10. The summed E-state index contributed by atoms with van der Waals surface area (Å²) in [6.45, 7) is 1.55. The molecule has 0 radical (unpaired) electrons. The third kappa shape index (κ3) is 2.25. The molecule has 0 unspecified atom stereocenters. The van der Waals surface area contributed by atoms with Crippen LogP contribution in [0.15, 0.2) is 16.1 Å². The molecule has 0 aromatic carbocycles. The molecule has 2 heterocycles. The average molecular weight is 268 g/mol. The maximum Gasteiger partial charge on any atom is 0.351 e. The molecule has 1 aliphatic heterocycles. The summed E-state index contributed by atoms with van der Waals surface area (Å²) in [4.78, 5) is 17.7. The first-order valence-corrected chi connectivity index (χ1v) is 5.41. The Bertz CT molecular complexity index is 595. The summed E-state index contributed by atoms with van der Waals surface area (Å²) in [5, 5.41) is 22.7. The van der Waals surface area contributed by atoms with Crippen LogP contribution in [0.5, 0.6) is 0 Å². The highest BCUT2D eigenvalue weighted by molar-refractivity contribution is 5.54. The fourth-order valence-electron chi connectivity index (χ4n) is 1.84. The zero-order chi connectivity index (χ0) is 14.2. The van der Waals surface area contributed by atoms with Gasteiger partial charge in [0.25, 0.3) is 0 Å². The second-order valence-corrected chi connectivity index (χ2v) is 4.10. The van der Waals surface area contributed by atoms with E-state index in [0.29, 0.717) is 0 Å². The predicted molar refractivity (Wildman–Crippen MR) is 63.3 cm³/mol. The van der Waals surface area contributed by atoms with Gasteiger partial charge in [-0.15, -0.1) is 0 Å². The summed E-state index contributed by atoms with van der Waals surface area (Å²) in [7, 11) is 0. The van der Waals surface area contributed by atoms with E-state index in [-0.39, 0.29) is 11.5 Å². The Morgan fingerprint density at radius 2 is 2.26 bits per heavy atom. The van der Waals surface area contributed by atoms with Crippen molar-refractivity contribution in [3.05, 3.63) is 27.1 Å². The Balaban J connectivity index is 2.48. The van der Waals surface area contributed by atoms with E-state index >= 15 is 0 Å². The van der Waals surface area contributed by atoms with Crippen LogP contribution in [0, 0.1) is 0 Å². The molecule has 1 saturated heterocycles. The van der Waals surface area contributed by atoms with Crippen molar-refractivity contribution in [2.24, 2.45) is 5.11 Å². The highest BCUT2D eigenvalue weighted by Gasteiger charge is 2.41. The number of hydrogen-bond acceptors (Lipinski definition) is 7. The van der Waals surface area contributed by atoms with E-state index in [2.05, 4.69) is 15.0 Å². The molecule has 2 rings (SSSR count). The number of nitrogens with zero attached hydrogens (tertiary/aromatic N) is 5. The van der Waals surface area contributed by atoms with Gasteiger partial charge in [-0.3, -0.25) is 4.57 Å². The molecular formula is C9H12N6O4. The summed E-state index contributed by atoms with van der Waals surface area (Å²) in [6.07, 6.45) is -3.05. The summed E-state index contributed by atoms with van der Waals surface area (Å²) < 4.78 is 6.20. The Labute approximate surface area is 106 Å². The number of nitrogen functional groups attached to an aromatic ring is 1. The molecule has 4 atom stereocenters. The topological polar surface area (TPSA) is 159 Å². The molecular weight excluding hydrogens is 256 g/mol. The number of ether oxygens (including phenoxy) is 1. The van der Waals surface area contributed by atoms with E-state index in [1.54, 1.807) is 6.92 Å². The number of aliphatic hydroxyl groups is 2. The van der Waals surface area contributed by atoms with Gasteiger partial charge in [0.1, 0.15) is 18.0 Å². The first-order valence-electron chi connectivity index (χ1n) is 5.41. The summed E-state index contributed by atoms with van der Waals surface area (Å²) in [5.41, 5.74) is 13.0. The molecule has 0 saturated carbocycles. The van der Waals surface area contributed by atoms with Gasteiger partial charge in [0.05, 0.1) is 11.8 Å². The number of hydrogen-bond donors (Lipinski definition) is 3. The number of aliphatic hydroxyl groups excluding tert-OH is 2. The molecule has 1 fully saturated rings. The Morgan fingerprint density at radius 1 is 1.58 bits per heavy atom. The van der Waals surface area contributed by atoms with E-state index in [1.807, 2.05) is 0 Å². The number of nitrogens with two attached hydrogens (primary N) is 1. The van der Waals surface area contributed by atoms with Crippen molar-refractivity contribution in [1.29, 1.82) is 0 Å². The molecule has 1 aliphatic rings. The minimum absolute atomic E-state index is 0.0630. The van der Waals surface area contributed by atoms with Crippen LogP contribution < -0.4 is 11.4 Å². The van der Waals surface area contributed by atoms with Gasteiger partial charge >= 0.3 is 5.69 Å². The molecule has 102 valence electrons. The third-order valence-electron chi connectivity index (χ3n) is 2.86. The van der Waals surface area contributed by atoms with Crippen molar-refractivity contribution in [1.82, 2.24) is 9.55 Å². The maximum absolute atomic E-state index is 11.7. The van der Waals surface area contributed by atoms with Crippen LogP contribution in [0.25, 0.3) is 10.4 Å². The summed E-state index contributed by atoms with van der Waals surface area (Å²) in [6, 6.07) is 0. The second kappa shape index (κ2) is 4.86. The maximum atomic E-state index is 11.7. The van der Waals surface area contributed by atoms with Crippen LogP contribution in [0.2, 0.25) is 0 Å². The van der Waals surface area contributed by atoms with Crippen molar-refractivity contribution in [3.63, 3.8) is 0 Å². The first kappa shape index (κ1) is 13.3. The summed E-state index contributed by atoms with van der Waals surface area (Å²) >= 11 is 0. The van der Waals surface area contributed by atoms with E-state index in [1.165, 1.54) is 0 Å². The highest BCUT2D eigenvalue weighted by Crippen LogP contribution is 2.29. The minimum atomic E-state index is -1.29. The normalized spacial score (nSPS) is 30.1. The molecule has 4 N–H and O–H groups in total. The molecule has 1 aromatic rings. The lowest BCUT2D eigenvalue weighted by Gasteiger charge is -2.17. The van der Waals surface area contributed by atoms with E-state index < -0.39 is 30.2 Å². The van der Waals surface area contributed by atoms with Gasteiger partial charge in [0.15, 0.2) is 6.23 Å². The predicted octanol–water partition coefficient (Wildman–Crippen LogP) is -0.594. The summed E-state index contributed by atoms with van der Waals surface area (Å²) in [5.74, 6) is -0.222. The molecule has 0 amide bonds. The highest BCUT2D eigenvalue weighted by atomic mass is 16.6. The van der Waals surface area contributed by atoms with Crippen LogP contribution >= 0.6 is 0 Å². The van der Waals surface area contributed by atoms with Gasteiger partial charge in [-0.25, -0.2) is 4.79 Å². The van der Waals surface area contributed by atoms with Gasteiger partial charge in [0.2, 0.25) is 0 Å². The molecule has 19 heavy (non-hydrogen) atoms. The zero-order valence-corrected chi connectivity index (χ0v) is 9.91. The molecule has 10 heteroatoms.